The van der Waals surface area contributed by atoms with Crippen LogP contribution in [0, 0.1) is 0 Å². The molecule has 0 saturated carbocycles. The molecule has 4 aromatic carbocycles. The Labute approximate surface area is 298 Å². The minimum absolute atomic E-state index is 0.837. The molecule has 9 rings (SSSR count). The highest BCUT2D eigenvalue weighted by Gasteiger charge is 2.18. The van der Waals surface area contributed by atoms with Crippen LogP contribution in [0.2, 0.25) is 0 Å². The van der Waals surface area contributed by atoms with Crippen molar-refractivity contribution in [3.63, 3.8) is 0 Å². The van der Waals surface area contributed by atoms with Crippen molar-refractivity contribution in [3.8, 4) is 5.75 Å². The van der Waals surface area contributed by atoms with E-state index in [4.69, 9.17) is 4.74 Å². The third kappa shape index (κ3) is 5.47. The van der Waals surface area contributed by atoms with Crippen LogP contribution in [0.25, 0.3) is 22.3 Å². The van der Waals surface area contributed by atoms with Gasteiger partial charge in [0.15, 0.2) is 0 Å². The van der Waals surface area contributed by atoms with E-state index in [-0.39, 0.29) is 0 Å². The van der Waals surface area contributed by atoms with Crippen molar-refractivity contribution in [2.24, 2.45) is 0 Å². The molecule has 240 valence electrons. The number of methoxy groups -OCH3 is 1. The van der Waals surface area contributed by atoms with Gasteiger partial charge in [-0.3, -0.25) is 0 Å². The van der Waals surface area contributed by atoms with Crippen LogP contribution < -0.4 is 22.9 Å². The fraction of sp³-hybridized carbons (Fsp3) is 0.0222. The van der Waals surface area contributed by atoms with E-state index in [2.05, 4.69) is 162 Å². The third-order valence-corrected chi connectivity index (χ3v) is 11.5. The third-order valence-electron chi connectivity index (χ3n) is 9.21. The van der Waals surface area contributed by atoms with Gasteiger partial charge in [0.1, 0.15) is 5.75 Å². The lowest BCUT2D eigenvalue weighted by atomic mass is 10.0. The number of benzene rings is 4. The second kappa shape index (κ2) is 12.9. The zero-order valence-electron chi connectivity index (χ0n) is 27.3. The molecule has 0 atom stereocenters. The zero-order chi connectivity index (χ0) is 33.4. The monoisotopic (exact) mass is 680 g/mol. The standard InChI is InChI=1S/C45H32N2OS2/c1-48-33-19-17-32(18-20-33)45-37-24-23-36(47-37)44(31-15-9-4-10-16-31)39-26-25-38(49-39)42(29-11-5-2-6-12-29)34-21-22-35(46-34)43(30-13-7-3-8-14-30)40-27-28-41(45)50-40/h2-28,46-47H,1H3. The number of aromatic amines is 2. The number of thiophene rings is 2. The molecule has 0 saturated heterocycles. The van der Waals surface area contributed by atoms with E-state index in [9.17, 15) is 0 Å². The van der Waals surface area contributed by atoms with Gasteiger partial charge in [-0.25, -0.2) is 0 Å². The summed E-state index contributed by atoms with van der Waals surface area (Å²) >= 11 is 3.64. The number of rotatable bonds is 5. The molecule has 8 aromatic rings. The van der Waals surface area contributed by atoms with Crippen LogP contribution in [0.1, 0.15) is 45.0 Å². The van der Waals surface area contributed by atoms with Gasteiger partial charge in [0.05, 0.1) is 7.11 Å². The van der Waals surface area contributed by atoms with Crippen LogP contribution in [0.3, 0.4) is 0 Å². The average Bonchev–Trinajstić information content (AvgIpc) is 4.01. The maximum Gasteiger partial charge on any atom is 0.118 e. The summed E-state index contributed by atoms with van der Waals surface area (Å²) in [6.07, 6.45) is 0. The van der Waals surface area contributed by atoms with Gasteiger partial charge in [-0.2, -0.15) is 0 Å². The molecule has 0 aliphatic carbocycles. The molecular formula is C45H32N2OS2. The maximum absolute atomic E-state index is 5.54. The van der Waals surface area contributed by atoms with Crippen molar-refractivity contribution >= 4 is 45.0 Å². The second-order valence-corrected chi connectivity index (χ2v) is 14.4. The first-order chi connectivity index (χ1) is 24.7. The molecule has 50 heavy (non-hydrogen) atoms. The molecule has 2 N–H and O–H groups in total. The van der Waals surface area contributed by atoms with E-state index in [1.807, 2.05) is 34.8 Å². The second-order valence-electron chi connectivity index (χ2n) is 12.2. The molecule has 3 nitrogen and oxygen atoms in total. The number of nitrogens with one attached hydrogen (secondary N) is 2. The number of hydrogen-bond acceptors (Lipinski definition) is 3. The van der Waals surface area contributed by atoms with Gasteiger partial charge >= 0.3 is 0 Å². The van der Waals surface area contributed by atoms with Crippen LogP contribution in [0.5, 0.6) is 5.75 Å². The first-order valence-corrected chi connectivity index (χ1v) is 18.3. The molecule has 0 unspecified atom stereocenters. The minimum Gasteiger partial charge on any atom is -0.497 e. The summed E-state index contributed by atoms with van der Waals surface area (Å²) in [6, 6.07) is 58.5. The van der Waals surface area contributed by atoms with Crippen LogP contribution in [0.4, 0.5) is 0 Å². The van der Waals surface area contributed by atoms with Crippen molar-refractivity contribution in [3.05, 3.63) is 227 Å². The molecular weight excluding hydrogens is 649 g/mol. The van der Waals surface area contributed by atoms with E-state index < -0.39 is 0 Å². The van der Waals surface area contributed by atoms with Gasteiger partial charge < -0.3 is 14.7 Å². The van der Waals surface area contributed by atoms with Gasteiger partial charge in [-0.15, -0.1) is 22.7 Å². The summed E-state index contributed by atoms with van der Waals surface area (Å²) in [5, 5.41) is 0. The van der Waals surface area contributed by atoms with Crippen LogP contribution >= 0.6 is 22.7 Å². The molecule has 0 fully saturated rings. The van der Waals surface area contributed by atoms with Crippen LogP contribution in [-0.2, 0) is 0 Å². The molecule has 0 spiro atoms. The average molecular weight is 681 g/mol. The summed E-state index contributed by atoms with van der Waals surface area (Å²) in [6.45, 7) is 0. The molecule has 0 radical (unpaired) electrons. The lowest BCUT2D eigenvalue weighted by molar-refractivity contribution is 0.415. The summed E-state index contributed by atoms with van der Waals surface area (Å²) in [5.74, 6) is 0.837. The highest BCUT2D eigenvalue weighted by atomic mass is 32.1. The Morgan fingerprint density at radius 2 is 0.640 bits per heavy atom. The Bertz CT molecular complexity index is 2710. The first kappa shape index (κ1) is 30.2. The van der Waals surface area contributed by atoms with Crippen LogP contribution in [-0.4, -0.2) is 17.1 Å². The molecule has 1 aliphatic heterocycles. The zero-order valence-corrected chi connectivity index (χ0v) is 28.9. The van der Waals surface area contributed by atoms with E-state index >= 15 is 0 Å². The lowest BCUT2D eigenvalue weighted by Gasteiger charge is -2.09. The molecule has 8 bridgehead atoms. The molecule has 0 amide bonds. The number of fused-ring (bicyclic) bond motifs is 8. The van der Waals surface area contributed by atoms with E-state index in [0.29, 0.717) is 0 Å². The van der Waals surface area contributed by atoms with E-state index in [1.165, 1.54) is 51.5 Å². The number of hydrogen-bond donors (Lipinski definition) is 2. The lowest BCUT2D eigenvalue weighted by Crippen LogP contribution is -2.09. The Kier molecular flexibility index (Phi) is 7.77. The van der Waals surface area contributed by atoms with Gasteiger partial charge in [0, 0.05) is 63.2 Å². The van der Waals surface area contributed by atoms with Gasteiger partial charge in [-0.05, 0) is 82.9 Å². The summed E-state index contributed by atoms with van der Waals surface area (Å²) in [7, 11) is 1.71. The summed E-state index contributed by atoms with van der Waals surface area (Å²) in [5.41, 5.74) is 13.7. The summed E-state index contributed by atoms with van der Waals surface area (Å²) < 4.78 is 10.3. The van der Waals surface area contributed by atoms with E-state index in [1.54, 1.807) is 7.11 Å². The van der Waals surface area contributed by atoms with Crippen molar-refractivity contribution in [2.75, 3.05) is 7.11 Å². The Balaban J connectivity index is 1.43. The van der Waals surface area contributed by atoms with Gasteiger partial charge in [0.2, 0.25) is 0 Å². The van der Waals surface area contributed by atoms with Gasteiger partial charge in [0.25, 0.3) is 0 Å². The van der Waals surface area contributed by atoms with Crippen molar-refractivity contribution in [2.45, 2.75) is 0 Å². The van der Waals surface area contributed by atoms with E-state index in [0.717, 1.165) is 39.7 Å². The Morgan fingerprint density at radius 3 is 0.940 bits per heavy atom. The number of H-pyrrole nitrogens is 2. The van der Waals surface area contributed by atoms with Crippen molar-refractivity contribution in [1.82, 2.24) is 9.97 Å². The Hall–Kier alpha value is -5.88. The first-order valence-electron chi connectivity index (χ1n) is 16.6. The topological polar surface area (TPSA) is 40.8 Å². The molecule has 5 heterocycles. The fourth-order valence-electron chi connectivity index (χ4n) is 6.88. The summed E-state index contributed by atoms with van der Waals surface area (Å²) in [4.78, 5) is 7.79. The Morgan fingerprint density at radius 1 is 0.340 bits per heavy atom. The minimum atomic E-state index is 0.837. The van der Waals surface area contributed by atoms with Crippen LogP contribution in [0.15, 0.2) is 164 Å². The van der Waals surface area contributed by atoms with Gasteiger partial charge in [-0.1, -0.05) is 103 Å². The maximum atomic E-state index is 5.54. The molecule has 1 aliphatic rings. The predicted molar refractivity (Wildman–Crippen MR) is 207 cm³/mol. The van der Waals surface area contributed by atoms with Crippen molar-refractivity contribution < 1.29 is 4.74 Å². The fourth-order valence-corrected chi connectivity index (χ4v) is 9.22. The SMILES string of the molecule is COc1ccc(C2=c3ccc(s3)=C(c3ccccc3)c3ccc([nH]3)C(c3ccccc3)=c3ccc(s3)=C(c3ccccc3)c3ccc2[nH]3)cc1. The number of ether oxygens (including phenoxy) is 1. The normalized spacial score (nSPS) is 12.7. The highest BCUT2D eigenvalue weighted by Crippen LogP contribution is 2.29. The predicted octanol–water partition coefficient (Wildman–Crippen LogP) is 7.78. The molecule has 5 heteroatoms. The highest BCUT2D eigenvalue weighted by molar-refractivity contribution is 7.08. The number of aromatic nitrogens is 2. The van der Waals surface area contributed by atoms with Crippen molar-refractivity contribution in [1.29, 1.82) is 0 Å². The largest absolute Gasteiger partial charge is 0.497 e. The molecule has 4 aromatic heterocycles. The quantitative estimate of drug-likeness (QED) is 0.192. The smallest absolute Gasteiger partial charge is 0.118 e.